The summed E-state index contributed by atoms with van der Waals surface area (Å²) in [5.74, 6) is -0.734. The van der Waals surface area contributed by atoms with E-state index in [-0.39, 0.29) is 17.3 Å². The topological polar surface area (TPSA) is 118 Å². The van der Waals surface area contributed by atoms with E-state index in [9.17, 15) is 31.2 Å². The van der Waals surface area contributed by atoms with Gasteiger partial charge in [0.25, 0.3) is 15.9 Å². The maximum absolute atomic E-state index is 13.5. The van der Waals surface area contributed by atoms with Crippen LogP contribution in [0.2, 0.25) is 5.02 Å². The number of hydrazone groups is 1. The molecule has 0 saturated heterocycles. The maximum Gasteiger partial charge on any atom is 0.417 e. The van der Waals surface area contributed by atoms with E-state index in [0.29, 0.717) is 27.3 Å². The van der Waals surface area contributed by atoms with Crippen LogP contribution in [0.3, 0.4) is 0 Å². The minimum Gasteiger partial charge on any atom is -0.462 e. The largest absolute Gasteiger partial charge is 0.462 e. The summed E-state index contributed by atoms with van der Waals surface area (Å²) in [6.07, 6.45) is -3.71. The molecule has 0 bridgehead atoms. The summed E-state index contributed by atoms with van der Waals surface area (Å²) in [5.41, 5.74) is 1.49. The number of alkyl halides is 3. The number of hydrogen-bond donors (Lipinski definition) is 1. The zero-order valence-corrected chi connectivity index (χ0v) is 23.9. The Labute approximate surface area is 249 Å². The fraction of sp³-hybridized carbons (Fsp3) is 0.138. The van der Waals surface area contributed by atoms with E-state index in [0.717, 1.165) is 18.3 Å². The van der Waals surface area contributed by atoms with Crippen LogP contribution in [0.1, 0.15) is 28.6 Å². The molecule has 1 heterocycles. The number of carbonyl (C=O) groups is 2. The van der Waals surface area contributed by atoms with E-state index in [2.05, 4.69) is 10.5 Å². The summed E-state index contributed by atoms with van der Waals surface area (Å²) in [6, 6.07) is 19.1. The van der Waals surface area contributed by atoms with Crippen molar-refractivity contribution in [1.29, 1.82) is 0 Å². The van der Waals surface area contributed by atoms with Crippen LogP contribution in [-0.4, -0.2) is 39.7 Å². The average molecular weight is 634 g/mol. The first-order valence-corrected chi connectivity index (χ1v) is 14.4. The number of anilines is 1. The van der Waals surface area contributed by atoms with Crippen LogP contribution < -0.4 is 9.73 Å². The standard InChI is InChI=1S/C29H23ClF3N3O6S/c1-2-41-28(38)20-10-8-19(9-11-20)26-15-13-22(42-26)17-34-35-27(37)18-36(43(39,40)23-6-4-3-5-7-23)21-12-14-25(30)24(16-21)29(31,32)33/h3-17H,2,18H2,1H3,(H,35,37). The zero-order chi connectivity index (χ0) is 31.2. The van der Waals surface area contributed by atoms with Crippen molar-refractivity contribution >= 4 is 45.4 Å². The van der Waals surface area contributed by atoms with E-state index < -0.39 is 50.9 Å². The van der Waals surface area contributed by atoms with Crippen LogP contribution in [0.4, 0.5) is 18.9 Å². The van der Waals surface area contributed by atoms with E-state index >= 15 is 0 Å². The van der Waals surface area contributed by atoms with Gasteiger partial charge >= 0.3 is 12.1 Å². The Bertz CT molecular complexity index is 1740. The van der Waals surface area contributed by atoms with Crippen molar-refractivity contribution in [3.63, 3.8) is 0 Å². The van der Waals surface area contributed by atoms with Crippen molar-refractivity contribution < 1.29 is 40.3 Å². The molecule has 0 unspecified atom stereocenters. The van der Waals surface area contributed by atoms with Crippen molar-refractivity contribution in [3.05, 3.63) is 107 Å². The van der Waals surface area contributed by atoms with Gasteiger partial charge in [-0.05, 0) is 61.5 Å². The third-order valence-corrected chi connectivity index (χ3v) is 7.97. The predicted molar refractivity (Wildman–Crippen MR) is 153 cm³/mol. The predicted octanol–water partition coefficient (Wildman–Crippen LogP) is 6.14. The van der Waals surface area contributed by atoms with Gasteiger partial charge in [0.1, 0.15) is 18.1 Å². The number of rotatable bonds is 10. The normalized spacial score (nSPS) is 11.8. The number of halogens is 4. The van der Waals surface area contributed by atoms with Crippen LogP contribution in [0.15, 0.2) is 99.3 Å². The molecule has 224 valence electrons. The van der Waals surface area contributed by atoms with Gasteiger partial charge < -0.3 is 9.15 Å². The summed E-state index contributed by atoms with van der Waals surface area (Å²) in [7, 11) is -4.48. The van der Waals surface area contributed by atoms with E-state index in [4.69, 9.17) is 20.8 Å². The molecule has 4 rings (SSSR count). The molecule has 9 nitrogen and oxygen atoms in total. The van der Waals surface area contributed by atoms with Gasteiger partial charge in [0.15, 0.2) is 0 Å². The highest BCUT2D eigenvalue weighted by Crippen LogP contribution is 2.38. The number of ether oxygens (including phenoxy) is 1. The zero-order valence-electron chi connectivity index (χ0n) is 22.3. The van der Waals surface area contributed by atoms with E-state index in [1.807, 2.05) is 0 Å². The fourth-order valence-electron chi connectivity index (χ4n) is 3.82. The number of esters is 1. The Morgan fingerprint density at radius 2 is 1.72 bits per heavy atom. The van der Waals surface area contributed by atoms with Crippen LogP contribution in [0, 0.1) is 0 Å². The highest BCUT2D eigenvalue weighted by Gasteiger charge is 2.35. The molecule has 0 atom stereocenters. The van der Waals surface area contributed by atoms with Crippen molar-refractivity contribution in [1.82, 2.24) is 5.43 Å². The van der Waals surface area contributed by atoms with Crippen molar-refractivity contribution in [2.75, 3.05) is 17.5 Å². The second-order valence-corrected chi connectivity index (χ2v) is 11.0. The second-order valence-electron chi connectivity index (χ2n) is 8.78. The number of sulfonamides is 1. The molecule has 1 aromatic heterocycles. The summed E-state index contributed by atoms with van der Waals surface area (Å²) < 4.78 is 78.5. The van der Waals surface area contributed by atoms with Gasteiger partial charge in [-0.3, -0.25) is 9.10 Å². The number of amides is 1. The first-order valence-electron chi connectivity index (χ1n) is 12.5. The summed E-state index contributed by atoms with van der Waals surface area (Å²) in [6.45, 7) is 1.05. The van der Waals surface area contributed by atoms with Gasteiger partial charge in [-0.1, -0.05) is 41.9 Å². The van der Waals surface area contributed by atoms with Crippen LogP contribution >= 0.6 is 11.6 Å². The number of nitrogens with one attached hydrogen (secondary N) is 1. The number of benzene rings is 3. The molecule has 0 spiro atoms. The van der Waals surface area contributed by atoms with Gasteiger partial charge in [0.2, 0.25) is 0 Å². The number of nitrogens with zero attached hydrogens (tertiary/aromatic N) is 2. The minimum atomic E-state index is -4.87. The second kappa shape index (κ2) is 13.1. The lowest BCUT2D eigenvalue weighted by atomic mass is 10.1. The quantitative estimate of drug-likeness (QED) is 0.127. The van der Waals surface area contributed by atoms with Gasteiger partial charge in [-0.15, -0.1) is 0 Å². The van der Waals surface area contributed by atoms with Gasteiger partial charge in [-0.25, -0.2) is 18.6 Å². The minimum absolute atomic E-state index is 0.228. The van der Waals surface area contributed by atoms with Crippen LogP contribution in [0.25, 0.3) is 11.3 Å². The fourth-order valence-corrected chi connectivity index (χ4v) is 5.47. The smallest absolute Gasteiger partial charge is 0.417 e. The summed E-state index contributed by atoms with van der Waals surface area (Å²) in [5, 5.41) is 3.15. The van der Waals surface area contributed by atoms with Crippen molar-refractivity contribution in [3.8, 4) is 11.3 Å². The Balaban J connectivity index is 1.51. The Morgan fingerprint density at radius 1 is 1.02 bits per heavy atom. The van der Waals surface area contributed by atoms with Gasteiger partial charge in [-0.2, -0.15) is 18.3 Å². The highest BCUT2D eigenvalue weighted by molar-refractivity contribution is 7.92. The third kappa shape index (κ3) is 7.62. The molecule has 43 heavy (non-hydrogen) atoms. The maximum atomic E-state index is 13.5. The molecule has 1 N–H and O–H groups in total. The lowest BCUT2D eigenvalue weighted by Gasteiger charge is -2.24. The van der Waals surface area contributed by atoms with Gasteiger partial charge in [0, 0.05) is 5.56 Å². The lowest BCUT2D eigenvalue weighted by molar-refractivity contribution is -0.137. The molecule has 14 heteroatoms. The SMILES string of the molecule is CCOC(=O)c1ccc(-c2ccc(C=NNC(=O)CN(c3ccc(Cl)c(C(F)(F)F)c3)S(=O)(=O)c3ccccc3)o2)cc1. The number of hydrogen-bond acceptors (Lipinski definition) is 7. The molecule has 1 amide bonds. The Morgan fingerprint density at radius 3 is 2.37 bits per heavy atom. The van der Waals surface area contributed by atoms with Crippen LogP contribution in [-0.2, 0) is 25.7 Å². The molecule has 3 aromatic carbocycles. The molecule has 0 aliphatic carbocycles. The van der Waals surface area contributed by atoms with E-state index in [1.54, 1.807) is 49.4 Å². The van der Waals surface area contributed by atoms with Crippen molar-refractivity contribution in [2.24, 2.45) is 5.10 Å². The summed E-state index contributed by atoms with van der Waals surface area (Å²) >= 11 is 5.71. The third-order valence-electron chi connectivity index (χ3n) is 5.85. The first-order chi connectivity index (χ1) is 20.4. The molecular formula is C29H23ClF3N3O6S. The number of furan rings is 1. The van der Waals surface area contributed by atoms with Gasteiger partial charge in [0.05, 0.1) is 39.6 Å². The Hall–Kier alpha value is -4.62. The van der Waals surface area contributed by atoms with Crippen LogP contribution in [0.5, 0.6) is 0 Å². The Kier molecular flexibility index (Phi) is 9.56. The van der Waals surface area contributed by atoms with Crippen molar-refractivity contribution in [2.45, 2.75) is 18.0 Å². The monoisotopic (exact) mass is 633 g/mol. The van der Waals surface area contributed by atoms with E-state index in [1.165, 1.54) is 24.3 Å². The average Bonchev–Trinajstić information content (AvgIpc) is 3.45. The molecular weight excluding hydrogens is 611 g/mol. The summed E-state index contributed by atoms with van der Waals surface area (Å²) in [4.78, 5) is 24.3. The molecule has 4 aromatic rings. The molecule has 0 aliphatic rings. The molecule has 0 radical (unpaired) electrons. The molecule has 0 aliphatic heterocycles. The molecule has 0 saturated carbocycles. The first kappa shape index (κ1) is 31.3. The number of carbonyl (C=O) groups excluding carboxylic acids is 2. The molecule has 0 fully saturated rings. The highest BCUT2D eigenvalue weighted by atomic mass is 35.5. The lowest BCUT2D eigenvalue weighted by Crippen LogP contribution is -2.39.